The molecule has 0 saturated carbocycles. The van der Waals surface area contributed by atoms with E-state index in [1.807, 2.05) is 0 Å². The van der Waals surface area contributed by atoms with Gasteiger partial charge in [0.05, 0.1) is 0 Å². The Hall–Kier alpha value is -2.27. The van der Waals surface area contributed by atoms with E-state index in [-0.39, 0.29) is 12.3 Å². The third kappa shape index (κ3) is 3.93. The van der Waals surface area contributed by atoms with Crippen LogP contribution < -0.4 is 4.35 Å². The molecule has 1 aromatic heterocycles. The number of carbonyl (C=O) groups excluding carboxylic acids is 3. The topological polar surface area (TPSA) is 83.8 Å². The van der Waals surface area contributed by atoms with Crippen LogP contribution in [0.4, 0.5) is 4.79 Å². The number of ether oxygens (including phenoxy) is 3. The van der Waals surface area contributed by atoms with Crippen LogP contribution in [-0.2, 0) is 14.2 Å². The van der Waals surface area contributed by atoms with Crippen LogP contribution in [0.3, 0.4) is 0 Å². The summed E-state index contributed by atoms with van der Waals surface area (Å²) in [5.74, 6) is -1.16. The van der Waals surface area contributed by atoms with Gasteiger partial charge in [0.25, 0.3) is 0 Å². The third-order valence-electron chi connectivity index (χ3n) is 3.41. The molecule has 0 aliphatic rings. The second kappa shape index (κ2) is 7.54. The molecule has 2 rings (SSSR count). The molecule has 2 aromatic rings. The molecule has 0 bridgehead atoms. The summed E-state index contributed by atoms with van der Waals surface area (Å²) in [4.78, 5) is 37.0. The Morgan fingerprint density at radius 2 is 1.81 bits per heavy atom. The molecule has 0 aliphatic heterocycles. The van der Waals surface area contributed by atoms with Gasteiger partial charge in [0.15, 0.2) is 0 Å². The Morgan fingerprint density at radius 3 is 2.35 bits per heavy atom. The minimum atomic E-state index is -0.742. The number of hydrogen-bond donors (Lipinski definition) is 0. The molecule has 0 saturated heterocycles. The molecule has 0 amide bonds. The molecule has 2 radical (unpaired) electrons. The molecule has 0 spiro atoms. The normalized spacial score (nSPS) is 11.3. The van der Waals surface area contributed by atoms with Crippen LogP contribution in [0.5, 0.6) is 0 Å². The van der Waals surface area contributed by atoms with Gasteiger partial charge in [-0.1, -0.05) is 0 Å². The van der Waals surface area contributed by atoms with E-state index in [0.29, 0.717) is 20.8 Å². The molecule has 0 aliphatic carbocycles. The Balaban J connectivity index is 2.73. The Labute approximate surface area is 160 Å². The first-order valence-corrected chi connectivity index (χ1v) is 8.90. The molecule has 1 heterocycles. The first-order valence-electron chi connectivity index (χ1n) is 7.97. The van der Waals surface area contributed by atoms with Crippen molar-refractivity contribution < 1.29 is 28.6 Å². The van der Waals surface area contributed by atoms with Crippen LogP contribution in [0.2, 0.25) is 0 Å². The fourth-order valence-corrected chi connectivity index (χ4v) is 3.18. The van der Waals surface area contributed by atoms with E-state index in [1.165, 1.54) is 17.7 Å². The first kappa shape index (κ1) is 20.0. The van der Waals surface area contributed by atoms with Gasteiger partial charge in [0.1, 0.15) is 0 Å². The number of hydrogen-bond acceptors (Lipinski definition) is 6. The minimum absolute atomic E-state index is 0.0538. The Kier molecular flexibility index (Phi) is 5.81. The molecule has 1 aromatic carbocycles. The SMILES string of the molecule is CCOC(=O)c1c([As])c2cc(C(=O)OC)ccc2n1C(=O)OC(C)(C)C. The molecule has 0 N–H and O–H groups in total. The van der Waals surface area contributed by atoms with Crippen molar-refractivity contribution in [2.24, 2.45) is 0 Å². The van der Waals surface area contributed by atoms with E-state index >= 15 is 0 Å². The van der Waals surface area contributed by atoms with Crippen molar-refractivity contribution in [2.75, 3.05) is 13.7 Å². The van der Waals surface area contributed by atoms with Crippen molar-refractivity contribution >= 4 is 50.1 Å². The third-order valence-corrected chi connectivity index (χ3v) is 4.36. The summed E-state index contributed by atoms with van der Waals surface area (Å²) in [6.07, 6.45) is -0.700. The van der Waals surface area contributed by atoms with Gasteiger partial charge < -0.3 is 0 Å². The van der Waals surface area contributed by atoms with E-state index in [4.69, 9.17) is 14.2 Å². The standard InChI is InChI=1S/C18H20AsNO6/c1-6-25-16(22)14-13(19)11-9-10(15(21)24-5)7-8-12(11)20(14)17(23)26-18(2,3)4/h7-9H,6H2,1-5H3. The number of benzene rings is 1. The average Bonchev–Trinajstić information content (AvgIpc) is 2.85. The molecule has 0 atom stereocenters. The van der Waals surface area contributed by atoms with Gasteiger partial charge in [0, 0.05) is 0 Å². The van der Waals surface area contributed by atoms with Crippen molar-refractivity contribution in [3.8, 4) is 0 Å². The number of carbonyl (C=O) groups is 3. The van der Waals surface area contributed by atoms with Crippen molar-refractivity contribution in [1.29, 1.82) is 0 Å². The van der Waals surface area contributed by atoms with Gasteiger partial charge in [0.2, 0.25) is 0 Å². The fraction of sp³-hybridized carbons (Fsp3) is 0.389. The second-order valence-electron chi connectivity index (χ2n) is 6.46. The Bertz CT molecular complexity index is 878. The van der Waals surface area contributed by atoms with Crippen molar-refractivity contribution in [3.05, 3.63) is 29.5 Å². The van der Waals surface area contributed by atoms with E-state index in [1.54, 1.807) is 39.8 Å². The molecule has 138 valence electrons. The fourth-order valence-electron chi connectivity index (χ4n) is 2.40. The number of rotatable bonds is 3. The Morgan fingerprint density at radius 1 is 1.15 bits per heavy atom. The number of aromatic nitrogens is 1. The summed E-state index contributed by atoms with van der Waals surface area (Å²) in [5, 5.41) is 0.543. The van der Waals surface area contributed by atoms with Crippen LogP contribution in [0.1, 0.15) is 48.5 Å². The molecule has 0 unspecified atom stereocenters. The number of fused-ring (bicyclic) bond motifs is 1. The predicted molar refractivity (Wildman–Crippen MR) is 96.3 cm³/mol. The number of nitrogens with zero attached hydrogens (tertiary/aromatic N) is 1. The van der Waals surface area contributed by atoms with Gasteiger partial charge in [-0.05, 0) is 0 Å². The first-order chi connectivity index (χ1) is 12.1. The summed E-state index contributed by atoms with van der Waals surface area (Å²) in [6, 6.07) is 4.67. The molecule has 0 fully saturated rings. The quantitative estimate of drug-likeness (QED) is 0.429. The summed E-state index contributed by atoms with van der Waals surface area (Å²) < 4.78 is 16.9. The van der Waals surface area contributed by atoms with Crippen molar-refractivity contribution in [2.45, 2.75) is 33.3 Å². The van der Waals surface area contributed by atoms with E-state index in [9.17, 15) is 14.4 Å². The van der Waals surface area contributed by atoms with Crippen molar-refractivity contribution in [1.82, 2.24) is 4.57 Å². The average molecular weight is 421 g/mol. The van der Waals surface area contributed by atoms with Crippen molar-refractivity contribution in [3.63, 3.8) is 0 Å². The van der Waals surface area contributed by atoms with E-state index < -0.39 is 23.6 Å². The monoisotopic (exact) mass is 421 g/mol. The van der Waals surface area contributed by atoms with Crippen LogP contribution >= 0.6 is 0 Å². The molecular weight excluding hydrogens is 401 g/mol. The molecule has 7 nitrogen and oxygen atoms in total. The van der Waals surface area contributed by atoms with Gasteiger partial charge in [-0.3, -0.25) is 0 Å². The predicted octanol–water partition coefficient (Wildman–Crippen LogP) is 2.18. The van der Waals surface area contributed by atoms with Crippen LogP contribution in [0.25, 0.3) is 10.9 Å². The van der Waals surface area contributed by atoms with Gasteiger partial charge >= 0.3 is 160 Å². The summed E-state index contributed by atoms with van der Waals surface area (Å²) in [5.41, 5.74) is 0.0571. The number of methoxy groups -OCH3 is 1. The van der Waals surface area contributed by atoms with Crippen LogP contribution in [0, 0.1) is 0 Å². The molecule has 26 heavy (non-hydrogen) atoms. The second-order valence-corrected chi connectivity index (χ2v) is 7.40. The summed E-state index contributed by atoms with van der Waals surface area (Å²) in [6.45, 7) is 7.04. The zero-order valence-corrected chi connectivity index (χ0v) is 17.2. The maximum absolute atomic E-state index is 12.7. The van der Waals surface area contributed by atoms with E-state index in [2.05, 4.69) is 16.9 Å². The van der Waals surface area contributed by atoms with Gasteiger partial charge in [-0.15, -0.1) is 0 Å². The summed E-state index contributed by atoms with van der Waals surface area (Å²) in [7, 11) is 1.28. The van der Waals surface area contributed by atoms with Gasteiger partial charge in [-0.2, -0.15) is 0 Å². The number of esters is 2. The van der Waals surface area contributed by atoms with Gasteiger partial charge in [-0.25, -0.2) is 0 Å². The van der Waals surface area contributed by atoms with Crippen LogP contribution in [0.15, 0.2) is 18.2 Å². The summed E-state index contributed by atoms with van der Waals surface area (Å²) >= 11 is 2.24. The molecule has 8 heteroatoms. The van der Waals surface area contributed by atoms with E-state index in [0.717, 1.165) is 0 Å². The maximum atomic E-state index is 12.7. The molecular formula is C18H20AsNO6. The zero-order valence-electron chi connectivity index (χ0n) is 15.3. The van der Waals surface area contributed by atoms with Crippen LogP contribution in [-0.4, -0.2) is 58.8 Å². The zero-order chi connectivity index (χ0) is 19.6.